The van der Waals surface area contributed by atoms with Crippen molar-refractivity contribution in [3.05, 3.63) is 0 Å². The minimum atomic E-state index is 0.189. The highest BCUT2D eigenvalue weighted by molar-refractivity contribution is 5.41. The van der Waals surface area contributed by atoms with Gasteiger partial charge in [-0.3, -0.25) is 0 Å². The summed E-state index contributed by atoms with van der Waals surface area (Å²) in [6, 6.07) is 0.189. The van der Waals surface area contributed by atoms with Crippen LogP contribution in [0.15, 0.2) is 0 Å². The fourth-order valence-electron chi connectivity index (χ4n) is 1.05. The number of hydrogen-bond acceptors (Lipinski definition) is 7. The number of aromatic nitrogens is 3. The summed E-state index contributed by atoms with van der Waals surface area (Å²) in [6.45, 7) is 4.95. The van der Waals surface area contributed by atoms with Crippen LogP contribution in [-0.2, 0) is 0 Å². The molecule has 1 aromatic heterocycles. The topological polar surface area (TPSA) is 87.0 Å². The Morgan fingerprint density at radius 2 is 2.12 bits per heavy atom. The highest BCUT2D eigenvalue weighted by Gasteiger charge is 2.11. The van der Waals surface area contributed by atoms with Crippen LogP contribution < -0.4 is 15.0 Å². The minimum Gasteiger partial charge on any atom is -0.467 e. The lowest BCUT2D eigenvalue weighted by molar-refractivity contribution is 0.379. The molecule has 0 aromatic carbocycles. The lowest BCUT2D eigenvalue weighted by Gasteiger charge is -2.12. The molecule has 0 radical (unpaired) electrons. The van der Waals surface area contributed by atoms with Crippen LogP contribution in [0.2, 0.25) is 0 Å². The van der Waals surface area contributed by atoms with E-state index in [1.54, 1.807) is 0 Å². The Labute approximate surface area is 94.1 Å². The van der Waals surface area contributed by atoms with E-state index >= 15 is 0 Å². The Bertz CT molecular complexity index is 388. The first-order valence-electron chi connectivity index (χ1n) is 4.96. The molecule has 1 N–H and O–H groups in total. The van der Waals surface area contributed by atoms with Gasteiger partial charge in [0.05, 0.1) is 7.11 Å². The van der Waals surface area contributed by atoms with Gasteiger partial charge in [0.15, 0.2) is 6.19 Å². The zero-order chi connectivity index (χ0) is 12.0. The van der Waals surface area contributed by atoms with Crippen molar-refractivity contribution in [2.24, 2.45) is 0 Å². The van der Waals surface area contributed by atoms with Gasteiger partial charge in [0, 0.05) is 13.1 Å². The van der Waals surface area contributed by atoms with E-state index in [9.17, 15) is 0 Å². The molecule has 0 saturated carbocycles. The molecule has 7 heteroatoms. The van der Waals surface area contributed by atoms with E-state index in [-0.39, 0.29) is 12.0 Å². The number of ether oxygens (including phenoxy) is 1. The molecule has 0 aliphatic heterocycles. The summed E-state index contributed by atoms with van der Waals surface area (Å²) in [5.74, 6) is 0.686. The zero-order valence-electron chi connectivity index (χ0n) is 9.56. The maximum Gasteiger partial charge on any atom is 0.322 e. The van der Waals surface area contributed by atoms with Crippen LogP contribution in [0.1, 0.15) is 13.8 Å². The molecule has 1 heterocycles. The molecule has 7 nitrogen and oxygen atoms in total. The van der Waals surface area contributed by atoms with E-state index in [2.05, 4.69) is 20.3 Å². The van der Waals surface area contributed by atoms with Crippen molar-refractivity contribution < 1.29 is 4.74 Å². The summed E-state index contributed by atoms with van der Waals surface area (Å²) in [4.78, 5) is 13.5. The predicted molar refractivity (Wildman–Crippen MR) is 59.2 cm³/mol. The van der Waals surface area contributed by atoms with Gasteiger partial charge in [-0.25, -0.2) is 4.90 Å². The number of nitriles is 1. The smallest absolute Gasteiger partial charge is 0.322 e. The first-order valence-corrected chi connectivity index (χ1v) is 4.96. The Morgan fingerprint density at radius 3 is 2.62 bits per heavy atom. The summed E-state index contributed by atoms with van der Waals surface area (Å²) < 4.78 is 4.94. The van der Waals surface area contributed by atoms with Gasteiger partial charge in [0.25, 0.3) is 0 Å². The van der Waals surface area contributed by atoms with Crippen molar-refractivity contribution in [1.82, 2.24) is 15.0 Å². The highest BCUT2D eigenvalue weighted by Crippen LogP contribution is 2.13. The third-order valence-corrected chi connectivity index (χ3v) is 1.80. The number of anilines is 2. The van der Waals surface area contributed by atoms with Crippen LogP contribution in [0, 0.1) is 11.5 Å². The predicted octanol–water partition coefficient (Wildman–Crippen LogP) is 0.619. The van der Waals surface area contributed by atoms with Crippen molar-refractivity contribution >= 4 is 11.9 Å². The second-order valence-corrected chi connectivity index (χ2v) is 2.82. The van der Waals surface area contributed by atoms with Gasteiger partial charge >= 0.3 is 6.01 Å². The zero-order valence-corrected chi connectivity index (χ0v) is 9.56. The summed E-state index contributed by atoms with van der Waals surface area (Å²) in [5, 5.41) is 11.8. The third-order valence-electron chi connectivity index (χ3n) is 1.80. The van der Waals surface area contributed by atoms with Gasteiger partial charge < -0.3 is 10.1 Å². The number of nitrogens with one attached hydrogen (secondary N) is 1. The van der Waals surface area contributed by atoms with Crippen molar-refractivity contribution in [2.75, 3.05) is 30.4 Å². The molecule has 1 aromatic rings. The molecule has 0 saturated heterocycles. The van der Waals surface area contributed by atoms with Crippen molar-refractivity contribution in [2.45, 2.75) is 13.8 Å². The summed E-state index contributed by atoms with van der Waals surface area (Å²) in [7, 11) is 1.47. The summed E-state index contributed by atoms with van der Waals surface area (Å²) in [6.07, 6.45) is 1.99. The van der Waals surface area contributed by atoms with Crippen LogP contribution in [0.5, 0.6) is 6.01 Å². The van der Waals surface area contributed by atoms with Gasteiger partial charge in [-0.1, -0.05) is 0 Å². The number of nitrogens with zero attached hydrogens (tertiary/aromatic N) is 5. The normalized spacial score (nSPS) is 9.38. The molecule has 0 amide bonds. The van der Waals surface area contributed by atoms with Gasteiger partial charge in [-0.15, -0.1) is 0 Å². The van der Waals surface area contributed by atoms with Crippen LogP contribution in [0.4, 0.5) is 11.9 Å². The fourth-order valence-corrected chi connectivity index (χ4v) is 1.05. The van der Waals surface area contributed by atoms with Gasteiger partial charge in [0.2, 0.25) is 11.9 Å². The van der Waals surface area contributed by atoms with Gasteiger partial charge in [0.1, 0.15) is 0 Å². The lowest BCUT2D eigenvalue weighted by atomic mass is 10.6. The van der Waals surface area contributed by atoms with Crippen molar-refractivity contribution in [3.8, 4) is 12.2 Å². The Hall–Kier alpha value is -2.10. The largest absolute Gasteiger partial charge is 0.467 e. The molecular formula is C9H14N6O. The van der Waals surface area contributed by atoms with Crippen LogP contribution >= 0.6 is 0 Å². The third kappa shape index (κ3) is 2.70. The molecule has 16 heavy (non-hydrogen) atoms. The standard InChI is InChI=1S/C9H14N6O/c1-4-11-7-12-8(15(5-2)6-10)14-9(13-7)16-3/h4-5H2,1-3H3,(H,11,12,13,14). The SMILES string of the molecule is CCNc1nc(OC)nc(N(C#N)CC)n1. The number of hydrogen-bond donors (Lipinski definition) is 1. The molecule has 1 rings (SSSR count). The molecule has 0 spiro atoms. The number of rotatable bonds is 5. The lowest BCUT2D eigenvalue weighted by Crippen LogP contribution is -2.19. The second kappa shape index (κ2) is 5.70. The monoisotopic (exact) mass is 222 g/mol. The first kappa shape index (κ1) is 12.0. The molecule has 0 bridgehead atoms. The van der Waals surface area contributed by atoms with E-state index in [1.807, 2.05) is 20.0 Å². The van der Waals surface area contributed by atoms with Crippen LogP contribution in [0.25, 0.3) is 0 Å². The molecule has 0 aliphatic rings. The quantitative estimate of drug-likeness (QED) is 0.577. The Balaban J connectivity index is 3.08. The second-order valence-electron chi connectivity index (χ2n) is 2.82. The Kier molecular flexibility index (Phi) is 4.27. The summed E-state index contributed by atoms with van der Waals surface area (Å²) in [5.41, 5.74) is 0. The first-order chi connectivity index (χ1) is 7.74. The van der Waals surface area contributed by atoms with Gasteiger partial charge in [-0.05, 0) is 13.8 Å². The van der Waals surface area contributed by atoms with E-state index in [0.29, 0.717) is 19.0 Å². The molecule has 0 atom stereocenters. The van der Waals surface area contributed by atoms with Crippen molar-refractivity contribution in [3.63, 3.8) is 0 Å². The van der Waals surface area contributed by atoms with Crippen molar-refractivity contribution in [1.29, 1.82) is 5.26 Å². The Morgan fingerprint density at radius 1 is 1.38 bits per heavy atom. The van der Waals surface area contributed by atoms with E-state index in [4.69, 9.17) is 10.00 Å². The number of methoxy groups -OCH3 is 1. The molecule has 0 unspecified atom stereocenters. The van der Waals surface area contributed by atoms with Gasteiger partial charge in [-0.2, -0.15) is 20.2 Å². The maximum atomic E-state index is 8.88. The summed E-state index contributed by atoms with van der Waals surface area (Å²) >= 11 is 0. The van der Waals surface area contributed by atoms with E-state index in [0.717, 1.165) is 0 Å². The van der Waals surface area contributed by atoms with E-state index < -0.39 is 0 Å². The van der Waals surface area contributed by atoms with Crippen LogP contribution in [-0.4, -0.2) is 35.2 Å². The highest BCUT2D eigenvalue weighted by atomic mass is 16.5. The minimum absolute atomic E-state index is 0.189. The molecule has 86 valence electrons. The average molecular weight is 222 g/mol. The average Bonchev–Trinajstić information content (AvgIpc) is 2.31. The molecule has 0 aliphatic carbocycles. The maximum absolute atomic E-state index is 8.88. The molecular weight excluding hydrogens is 208 g/mol. The van der Waals surface area contributed by atoms with E-state index in [1.165, 1.54) is 12.0 Å². The molecule has 0 fully saturated rings. The van der Waals surface area contributed by atoms with Crippen LogP contribution in [0.3, 0.4) is 0 Å². The fraction of sp³-hybridized carbons (Fsp3) is 0.556.